The van der Waals surface area contributed by atoms with Crippen LogP contribution in [0.2, 0.25) is 0 Å². The van der Waals surface area contributed by atoms with Crippen molar-refractivity contribution < 1.29 is 0 Å². The van der Waals surface area contributed by atoms with Crippen LogP contribution in [0.25, 0.3) is 11.0 Å². The van der Waals surface area contributed by atoms with Gasteiger partial charge in [0.15, 0.2) is 0 Å². The Morgan fingerprint density at radius 1 is 1.10 bits per heavy atom. The number of hydrogen-bond donors (Lipinski definition) is 2. The summed E-state index contributed by atoms with van der Waals surface area (Å²) in [5, 5.41) is 3.47. The number of fused-ring (bicyclic) bond motifs is 2. The number of likely N-dealkylation sites (tertiary alicyclic amines) is 1. The summed E-state index contributed by atoms with van der Waals surface area (Å²) in [4.78, 5) is 17.5. The van der Waals surface area contributed by atoms with Crippen molar-refractivity contribution in [1.29, 1.82) is 0 Å². The van der Waals surface area contributed by atoms with E-state index in [9.17, 15) is 4.79 Å². The molecule has 0 bridgehead atoms. The summed E-state index contributed by atoms with van der Waals surface area (Å²) in [6, 6.07) is 7.92. The number of aryl methyl sites for hydroxylation is 1. The van der Waals surface area contributed by atoms with Crippen LogP contribution in [0.1, 0.15) is 6.42 Å². The van der Waals surface area contributed by atoms with E-state index in [1.807, 2.05) is 28.8 Å². The predicted molar refractivity (Wildman–Crippen MR) is 83.5 cm³/mol. The summed E-state index contributed by atoms with van der Waals surface area (Å²) in [5.74, 6) is 1.70. The minimum atomic E-state index is 0.0127. The normalized spacial score (nSPS) is 25.7. The fraction of sp³-hybridized carbons (Fsp3) is 0.562. The van der Waals surface area contributed by atoms with Gasteiger partial charge < -0.3 is 15.2 Å². The largest absolute Gasteiger partial charge is 0.326 e. The van der Waals surface area contributed by atoms with E-state index in [2.05, 4.69) is 15.2 Å². The smallest absolute Gasteiger partial charge is 0.316 e. The maximum atomic E-state index is 12.0. The van der Waals surface area contributed by atoms with Gasteiger partial charge in [-0.25, -0.2) is 4.79 Å². The summed E-state index contributed by atoms with van der Waals surface area (Å²) >= 11 is 0. The lowest BCUT2D eigenvalue weighted by molar-refractivity contribution is 0.302. The third-order valence-electron chi connectivity index (χ3n) is 5.00. The first kappa shape index (κ1) is 13.1. The lowest BCUT2D eigenvalue weighted by Crippen LogP contribution is -2.28. The lowest BCUT2D eigenvalue weighted by Gasteiger charge is -2.16. The van der Waals surface area contributed by atoms with Gasteiger partial charge in [0.2, 0.25) is 0 Å². The highest BCUT2D eigenvalue weighted by Crippen LogP contribution is 2.26. The zero-order valence-electron chi connectivity index (χ0n) is 12.2. The zero-order chi connectivity index (χ0) is 14.2. The first-order valence-electron chi connectivity index (χ1n) is 7.92. The van der Waals surface area contributed by atoms with Crippen LogP contribution in [0, 0.1) is 11.8 Å². The molecule has 0 radical (unpaired) electrons. The number of nitrogens with one attached hydrogen (secondary N) is 2. The molecule has 2 aliphatic rings. The van der Waals surface area contributed by atoms with Crippen molar-refractivity contribution in [2.24, 2.45) is 11.8 Å². The molecule has 0 amide bonds. The van der Waals surface area contributed by atoms with E-state index >= 15 is 0 Å². The van der Waals surface area contributed by atoms with E-state index in [1.165, 1.54) is 26.2 Å². The molecule has 2 fully saturated rings. The average molecular weight is 286 g/mol. The average Bonchev–Trinajstić information content (AvgIpc) is 3.12. The molecule has 21 heavy (non-hydrogen) atoms. The number of nitrogens with zero attached hydrogens (tertiary/aromatic N) is 2. The highest BCUT2D eigenvalue weighted by molar-refractivity contribution is 5.74. The summed E-state index contributed by atoms with van der Waals surface area (Å²) in [7, 11) is 0. The van der Waals surface area contributed by atoms with Gasteiger partial charge in [-0.15, -0.1) is 0 Å². The van der Waals surface area contributed by atoms with Crippen LogP contribution in [0.4, 0.5) is 0 Å². The van der Waals surface area contributed by atoms with E-state index < -0.39 is 0 Å². The Labute approximate surface area is 123 Å². The van der Waals surface area contributed by atoms with E-state index in [-0.39, 0.29) is 5.69 Å². The number of aromatic nitrogens is 2. The minimum Gasteiger partial charge on any atom is -0.316 e. The lowest BCUT2D eigenvalue weighted by atomic mass is 10.0. The minimum absolute atomic E-state index is 0.0127. The fourth-order valence-corrected chi connectivity index (χ4v) is 3.92. The Hall–Kier alpha value is -1.59. The van der Waals surface area contributed by atoms with E-state index in [4.69, 9.17) is 0 Å². The van der Waals surface area contributed by atoms with Gasteiger partial charge in [0.05, 0.1) is 11.0 Å². The molecule has 0 saturated carbocycles. The molecule has 0 aliphatic carbocycles. The molecule has 2 unspecified atom stereocenters. The molecule has 2 aliphatic heterocycles. The first-order chi connectivity index (χ1) is 10.3. The highest BCUT2D eigenvalue weighted by Gasteiger charge is 2.35. The molecule has 5 heteroatoms. The highest BCUT2D eigenvalue weighted by atomic mass is 16.1. The monoisotopic (exact) mass is 286 g/mol. The Kier molecular flexibility index (Phi) is 3.31. The third-order valence-corrected chi connectivity index (χ3v) is 5.00. The second-order valence-electron chi connectivity index (χ2n) is 6.39. The third kappa shape index (κ3) is 2.40. The van der Waals surface area contributed by atoms with Gasteiger partial charge in [0, 0.05) is 19.6 Å². The first-order valence-corrected chi connectivity index (χ1v) is 7.92. The Morgan fingerprint density at radius 3 is 2.67 bits per heavy atom. The molecular formula is C16H22N4O. The molecule has 1 aromatic carbocycles. The van der Waals surface area contributed by atoms with E-state index in [1.54, 1.807) is 0 Å². The molecule has 5 nitrogen and oxygen atoms in total. The summed E-state index contributed by atoms with van der Waals surface area (Å²) in [6.45, 7) is 6.71. The van der Waals surface area contributed by atoms with Crippen molar-refractivity contribution in [1.82, 2.24) is 19.8 Å². The number of imidazole rings is 1. The summed E-state index contributed by atoms with van der Waals surface area (Å²) in [5.41, 5.74) is 1.97. The van der Waals surface area contributed by atoms with Crippen molar-refractivity contribution >= 4 is 11.0 Å². The van der Waals surface area contributed by atoms with Crippen molar-refractivity contribution in [2.75, 3.05) is 32.7 Å². The molecule has 2 atom stereocenters. The van der Waals surface area contributed by atoms with Crippen LogP contribution in [0.15, 0.2) is 29.1 Å². The van der Waals surface area contributed by atoms with Gasteiger partial charge in [-0.3, -0.25) is 4.57 Å². The van der Waals surface area contributed by atoms with Crippen molar-refractivity contribution in [3.05, 3.63) is 34.7 Å². The van der Waals surface area contributed by atoms with Crippen LogP contribution in [0.5, 0.6) is 0 Å². The van der Waals surface area contributed by atoms with Gasteiger partial charge in [-0.2, -0.15) is 0 Å². The second kappa shape index (κ2) is 5.31. The van der Waals surface area contributed by atoms with E-state index in [0.29, 0.717) is 0 Å². The van der Waals surface area contributed by atoms with Crippen LogP contribution in [0.3, 0.4) is 0 Å². The second-order valence-corrected chi connectivity index (χ2v) is 6.39. The Morgan fingerprint density at radius 2 is 1.86 bits per heavy atom. The van der Waals surface area contributed by atoms with Crippen molar-refractivity contribution in [3.8, 4) is 0 Å². The topological polar surface area (TPSA) is 53.1 Å². The number of hydrogen-bond acceptors (Lipinski definition) is 3. The molecule has 4 rings (SSSR count). The molecule has 2 aromatic rings. The number of rotatable bonds is 4. The van der Waals surface area contributed by atoms with Gasteiger partial charge in [0.1, 0.15) is 0 Å². The van der Waals surface area contributed by atoms with Gasteiger partial charge >= 0.3 is 5.69 Å². The number of aromatic amines is 1. The van der Waals surface area contributed by atoms with Crippen LogP contribution in [-0.2, 0) is 6.54 Å². The van der Waals surface area contributed by atoms with Crippen LogP contribution in [-0.4, -0.2) is 47.2 Å². The quantitative estimate of drug-likeness (QED) is 0.877. The van der Waals surface area contributed by atoms with Gasteiger partial charge in [0.25, 0.3) is 0 Å². The number of H-pyrrole nitrogens is 1. The Balaban J connectivity index is 1.38. The van der Waals surface area contributed by atoms with Gasteiger partial charge in [-0.1, -0.05) is 12.1 Å². The molecule has 112 valence electrons. The molecular weight excluding hydrogens is 264 g/mol. The molecule has 2 saturated heterocycles. The SMILES string of the molecule is O=c1[nH]c2ccccc2n1CCCN1CC2CNCC2C1. The number of benzene rings is 1. The van der Waals surface area contributed by atoms with Gasteiger partial charge in [-0.05, 0) is 50.0 Å². The zero-order valence-corrected chi connectivity index (χ0v) is 12.2. The summed E-state index contributed by atoms with van der Waals surface area (Å²) < 4.78 is 1.87. The maximum absolute atomic E-state index is 12.0. The molecule has 1 aromatic heterocycles. The maximum Gasteiger partial charge on any atom is 0.326 e. The Bertz CT molecular complexity index is 677. The standard InChI is InChI=1S/C16H22N4O/c21-16-18-14-4-1-2-5-15(14)20(16)7-3-6-19-10-12-8-17-9-13(12)11-19/h1-2,4-5,12-13,17H,3,6-11H2,(H,18,21). The molecule has 3 heterocycles. The molecule has 0 spiro atoms. The number of para-hydroxylation sites is 2. The summed E-state index contributed by atoms with van der Waals surface area (Å²) in [6.07, 6.45) is 1.04. The van der Waals surface area contributed by atoms with E-state index in [0.717, 1.165) is 42.4 Å². The van der Waals surface area contributed by atoms with Crippen molar-refractivity contribution in [2.45, 2.75) is 13.0 Å². The fourth-order valence-electron chi connectivity index (χ4n) is 3.92. The predicted octanol–water partition coefficient (Wildman–Crippen LogP) is 0.871. The van der Waals surface area contributed by atoms with Crippen LogP contribution < -0.4 is 11.0 Å². The van der Waals surface area contributed by atoms with Crippen molar-refractivity contribution in [3.63, 3.8) is 0 Å². The molecule has 2 N–H and O–H groups in total. The van der Waals surface area contributed by atoms with Crippen LogP contribution >= 0.6 is 0 Å².